The Labute approximate surface area is 337 Å². The second-order valence-electron chi connectivity index (χ2n) is 15.6. The highest BCUT2D eigenvalue weighted by molar-refractivity contribution is 6.99. The lowest BCUT2D eigenvalue weighted by molar-refractivity contribution is -0.158. The number of ether oxygens (including phenoxy) is 1. The third kappa shape index (κ3) is 11.3. The number of aldehydes is 1. The summed E-state index contributed by atoms with van der Waals surface area (Å²) >= 11 is 5.77. The second kappa shape index (κ2) is 20.5. The number of amides is 2. The molecule has 0 spiro atoms. The first-order chi connectivity index (χ1) is 26.7. The lowest BCUT2D eigenvalue weighted by atomic mass is 9.94. The van der Waals surface area contributed by atoms with Gasteiger partial charge in [0.25, 0.3) is 14.2 Å². The molecule has 1 aromatic heterocycles. The molecular weight excluding hydrogens is 746 g/mol. The third-order valence-corrected chi connectivity index (χ3v) is 15.2. The van der Waals surface area contributed by atoms with Gasteiger partial charge in [0.2, 0.25) is 11.8 Å². The zero-order valence-corrected chi connectivity index (χ0v) is 35.3. The Bertz CT molecular complexity index is 1810. The normalized spacial score (nSPS) is 17.0. The van der Waals surface area contributed by atoms with Gasteiger partial charge < -0.3 is 28.6 Å². The maximum absolute atomic E-state index is 13.4. The number of esters is 1. The van der Waals surface area contributed by atoms with Crippen molar-refractivity contribution < 1.29 is 32.8 Å². The molecule has 4 rings (SSSR count). The summed E-state index contributed by atoms with van der Waals surface area (Å²) in [5.41, 5.74) is 1.00. The molecule has 0 aliphatic carbocycles. The number of halogens is 1. The minimum Gasteiger partial charge on any atom is -0.460 e. The highest BCUT2D eigenvalue weighted by atomic mass is 35.5. The summed E-state index contributed by atoms with van der Waals surface area (Å²) < 4.78 is 18.4. The lowest BCUT2D eigenvalue weighted by Gasteiger charge is -2.44. The van der Waals surface area contributed by atoms with Gasteiger partial charge in [0.05, 0.1) is 12.0 Å². The molecule has 10 nitrogen and oxygen atoms in total. The minimum atomic E-state index is -2.89. The highest BCUT2D eigenvalue weighted by Gasteiger charge is 2.51. The Kier molecular flexibility index (Phi) is 16.2. The average molecular weight is 802 g/mol. The number of benzene rings is 2. The number of carbonyl (C=O) groups excluding carboxylic acids is 4. The van der Waals surface area contributed by atoms with Gasteiger partial charge in [-0.3, -0.25) is 9.59 Å². The zero-order valence-electron chi connectivity index (χ0n) is 33.6. The number of carbonyl (C=O) groups is 4. The van der Waals surface area contributed by atoms with E-state index in [0.29, 0.717) is 19.4 Å². The molecule has 1 fully saturated rings. The fourth-order valence-electron chi connectivity index (χ4n) is 7.26. The molecule has 56 heavy (non-hydrogen) atoms. The molecular formula is C44H56ClN3O7Si. The smallest absolute Gasteiger partial charge is 0.329 e. The van der Waals surface area contributed by atoms with E-state index in [1.165, 1.54) is 17.2 Å². The van der Waals surface area contributed by atoms with E-state index in [1.54, 1.807) is 6.08 Å². The Morgan fingerprint density at radius 1 is 1.04 bits per heavy atom. The van der Waals surface area contributed by atoms with Crippen LogP contribution in [-0.2, 0) is 29.4 Å². The summed E-state index contributed by atoms with van der Waals surface area (Å²) in [6, 6.07) is 19.9. The topological polar surface area (TPSA) is 128 Å². The SMILES string of the molecule is CC(/C=C/CNC(=O)/C=C/[C@@H](C)[C@H](OC(=O)[C@H]1CCCN1C(=O)c1coc(CCl)n1)C(C)C)=C\[C@H](CC=O)O[Si](c1ccccc1)(c1ccccc1)C(C)(C)C. The van der Waals surface area contributed by atoms with Crippen LogP contribution in [0.3, 0.4) is 0 Å². The molecule has 0 unspecified atom stereocenters. The summed E-state index contributed by atoms with van der Waals surface area (Å²) in [5.74, 6) is -1.23. The van der Waals surface area contributed by atoms with E-state index in [1.807, 2.05) is 82.3 Å². The maximum Gasteiger partial charge on any atom is 0.329 e. The second-order valence-corrected chi connectivity index (χ2v) is 20.1. The predicted molar refractivity (Wildman–Crippen MR) is 222 cm³/mol. The van der Waals surface area contributed by atoms with Crippen molar-refractivity contribution in [1.29, 1.82) is 0 Å². The van der Waals surface area contributed by atoms with Gasteiger partial charge in [0, 0.05) is 25.4 Å². The van der Waals surface area contributed by atoms with Crippen molar-refractivity contribution >= 4 is 54.4 Å². The van der Waals surface area contributed by atoms with Gasteiger partial charge in [0.1, 0.15) is 24.7 Å². The molecule has 1 aliphatic rings. The Hall–Kier alpha value is -4.58. The van der Waals surface area contributed by atoms with Gasteiger partial charge >= 0.3 is 5.97 Å². The van der Waals surface area contributed by atoms with Crippen molar-refractivity contribution in [2.24, 2.45) is 11.8 Å². The number of rotatable bonds is 18. The Morgan fingerprint density at radius 3 is 2.23 bits per heavy atom. The first-order valence-corrected chi connectivity index (χ1v) is 21.7. The van der Waals surface area contributed by atoms with Crippen molar-refractivity contribution in [2.45, 2.75) is 96.9 Å². The molecule has 0 saturated carbocycles. The Balaban J connectivity index is 1.36. The standard InChI is InChI=1S/C44H56ClN3O7Si/c1-31(2)41(54-43(52)38-21-15-26-48(38)42(51)37-30-53-40(29-45)47-37)33(4)22-23-39(50)46-25-14-16-32(3)28-34(24-27-49)55-56(44(5,6)7,35-17-10-8-11-18-35)36-19-12-9-13-20-36/h8-14,16-20,22-23,27-28,30-31,33-34,38,41H,15,21,24-26,29H2,1-7H3,(H,46,50)/b16-14+,23-22+,32-28+/t33-,34+,38-,41-/m1/s1. The van der Waals surface area contributed by atoms with Crippen LogP contribution in [0.4, 0.5) is 0 Å². The molecule has 4 atom stereocenters. The summed E-state index contributed by atoms with van der Waals surface area (Å²) in [6.07, 6.45) is 11.4. The fraction of sp³-hybridized carbons (Fsp3) is 0.432. The molecule has 2 amide bonds. The van der Waals surface area contributed by atoms with E-state index in [4.69, 9.17) is 25.2 Å². The van der Waals surface area contributed by atoms with Crippen molar-refractivity contribution in [2.75, 3.05) is 13.1 Å². The van der Waals surface area contributed by atoms with Gasteiger partial charge in [-0.1, -0.05) is 132 Å². The number of hydrogen-bond acceptors (Lipinski definition) is 8. The molecule has 2 aromatic carbocycles. The molecule has 2 heterocycles. The van der Waals surface area contributed by atoms with Crippen LogP contribution in [0.2, 0.25) is 5.04 Å². The van der Waals surface area contributed by atoms with Crippen molar-refractivity contribution in [1.82, 2.24) is 15.2 Å². The predicted octanol–water partition coefficient (Wildman–Crippen LogP) is 6.93. The van der Waals surface area contributed by atoms with Crippen LogP contribution in [0.15, 0.2) is 107 Å². The van der Waals surface area contributed by atoms with Gasteiger partial charge in [-0.05, 0) is 47.2 Å². The van der Waals surface area contributed by atoms with E-state index in [-0.39, 0.29) is 53.2 Å². The number of nitrogens with one attached hydrogen (secondary N) is 1. The highest BCUT2D eigenvalue weighted by Crippen LogP contribution is 2.38. The number of alkyl halides is 1. The summed E-state index contributed by atoms with van der Waals surface area (Å²) in [5, 5.41) is 4.90. The van der Waals surface area contributed by atoms with Crippen LogP contribution < -0.4 is 15.7 Å². The van der Waals surface area contributed by atoms with Crippen LogP contribution in [-0.4, -0.2) is 73.6 Å². The molecule has 0 bridgehead atoms. The van der Waals surface area contributed by atoms with E-state index >= 15 is 0 Å². The maximum atomic E-state index is 13.4. The number of aromatic nitrogens is 1. The number of allylic oxidation sites excluding steroid dienone is 2. The molecule has 1 aliphatic heterocycles. The quantitative estimate of drug-likeness (QED) is 0.0367. The van der Waals surface area contributed by atoms with E-state index in [2.05, 4.69) is 55.3 Å². The van der Waals surface area contributed by atoms with Crippen molar-refractivity contribution in [3.63, 3.8) is 0 Å². The summed E-state index contributed by atoms with van der Waals surface area (Å²) in [6.45, 7) is 15.0. The van der Waals surface area contributed by atoms with Crippen LogP contribution in [0.25, 0.3) is 0 Å². The number of nitrogens with zero attached hydrogens (tertiary/aromatic N) is 2. The van der Waals surface area contributed by atoms with Crippen molar-refractivity contribution in [3.8, 4) is 0 Å². The minimum absolute atomic E-state index is 0.0387. The van der Waals surface area contributed by atoms with Crippen LogP contribution in [0.1, 0.15) is 84.1 Å². The number of oxazole rings is 1. The van der Waals surface area contributed by atoms with E-state index < -0.39 is 38.4 Å². The average Bonchev–Trinajstić information content (AvgIpc) is 3.87. The lowest BCUT2D eigenvalue weighted by Crippen LogP contribution is -2.67. The van der Waals surface area contributed by atoms with E-state index in [0.717, 1.165) is 22.2 Å². The van der Waals surface area contributed by atoms with Crippen LogP contribution >= 0.6 is 11.6 Å². The first-order valence-electron chi connectivity index (χ1n) is 19.3. The van der Waals surface area contributed by atoms with Crippen molar-refractivity contribution in [3.05, 3.63) is 114 Å². The zero-order chi connectivity index (χ0) is 40.9. The van der Waals surface area contributed by atoms with Gasteiger partial charge in [-0.15, -0.1) is 11.6 Å². The number of likely N-dealkylation sites (tertiary alicyclic amines) is 1. The molecule has 300 valence electrons. The van der Waals surface area contributed by atoms with Crippen LogP contribution in [0.5, 0.6) is 0 Å². The van der Waals surface area contributed by atoms with Gasteiger partial charge in [-0.2, -0.15) is 0 Å². The molecule has 1 saturated heterocycles. The molecule has 0 radical (unpaired) electrons. The fourth-order valence-corrected chi connectivity index (χ4v) is 12.0. The molecule has 12 heteroatoms. The third-order valence-electron chi connectivity index (χ3n) is 9.95. The summed E-state index contributed by atoms with van der Waals surface area (Å²) in [7, 11) is -2.89. The Morgan fingerprint density at radius 2 is 1.68 bits per heavy atom. The van der Waals surface area contributed by atoms with Crippen LogP contribution in [0, 0.1) is 11.8 Å². The molecule has 1 N–H and O–H groups in total. The first kappa shape index (κ1) is 44.1. The van der Waals surface area contributed by atoms with Gasteiger partial charge in [-0.25, -0.2) is 9.78 Å². The van der Waals surface area contributed by atoms with E-state index in [9.17, 15) is 19.2 Å². The monoisotopic (exact) mass is 801 g/mol. The largest absolute Gasteiger partial charge is 0.460 e. The molecule has 3 aromatic rings. The summed E-state index contributed by atoms with van der Waals surface area (Å²) in [4.78, 5) is 56.8. The number of hydrogen-bond donors (Lipinski definition) is 1. The van der Waals surface area contributed by atoms with Gasteiger partial charge in [0.15, 0.2) is 5.69 Å².